The van der Waals surface area contributed by atoms with Gasteiger partial charge in [-0.3, -0.25) is 4.90 Å². The van der Waals surface area contributed by atoms with Crippen LogP contribution in [0.25, 0.3) is 0 Å². The zero-order valence-electron chi connectivity index (χ0n) is 11.3. The third-order valence-corrected chi connectivity index (χ3v) is 3.65. The maximum Gasteiger partial charge on any atom is 0.141 e. The van der Waals surface area contributed by atoms with Gasteiger partial charge in [0.2, 0.25) is 0 Å². The Bertz CT molecular complexity index is 608. The van der Waals surface area contributed by atoms with Crippen LogP contribution in [-0.4, -0.2) is 24.3 Å². The third-order valence-electron chi connectivity index (χ3n) is 2.75. The summed E-state index contributed by atoms with van der Waals surface area (Å²) in [6, 6.07) is 13.9. The van der Waals surface area contributed by atoms with Crippen LogP contribution in [0, 0.1) is 11.3 Å². The van der Waals surface area contributed by atoms with E-state index in [1.807, 2.05) is 53.7 Å². The van der Waals surface area contributed by atoms with E-state index in [2.05, 4.69) is 11.1 Å². The van der Waals surface area contributed by atoms with Crippen LogP contribution in [0.3, 0.4) is 0 Å². The highest BCUT2D eigenvalue weighted by molar-refractivity contribution is 7.12. The van der Waals surface area contributed by atoms with E-state index < -0.39 is 0 Å². The summed E-state index contributed by atoms with van der Waals surface area (Å²) in [7, 11) is 1.92. The Balaban J connectivity index is 2.05. The fraction of sp³-hybridized carbons (Fsp3) is 0.200. The Hall–Kier alpha value is -2.16. The molecule has 102 valence electrons. The molecule has 0 aliphatic rings. The summed E-state index contributed by atoms with van der Waals surface area (Å²) in [6.07, 6.45) is 0. The molecule has 0 spiro atoms. The lowest BCUT2D eigenvalue weighted by Crippen LogP contribution is -2.17. The Morgan fingerprint density at radius 2 is 2.10 bits per heavy atom. The Morgan fingerprint density at radius 3 is 2.70 bits per heavy atom. The van der Waals surface area contributed by atoms with Gasteiger partial charge in [0.05, 0.1) is 23.2 Å². The first-order valence-corrected chi connectivity index (χ1v) is 7.09. The van der Waals surface area contributed by atoms with Gasteiger partial charge >= 0.3 is 0 Å². The van der Waals surface area contributed by atoms with Crippen molar-refractivity contribution in [3.63, 3.8) is 0 Å². The summed E-state index contributed by atoms with van der Waals surface area (Å²) in [4.78, 5) is 7.33. The highest BCUT2D eigenvalue weighted by Gasteiger charge is 2.01. The van der Waals surface area contributed by atoms with Gasteiger partial charge < -0.3 is 5.73 Å². The molecule has 1 aromatic carbocycles. The van der Waals surface area contributed by atoms with Gasteiger partial charge in [0.1, 0.15) is 5.84 Å². The van der Waals surface area contributed by atoms with Gasteiger partial charge in [-0.1, -0.05) is 18.2 Å². The zero-order chi connectivity index (χ0) is 14.4. The Kier molecular flexibility index (Phi) is 4.88. The maximum absolute atomic E-state index is 8.63. The van der Waals surface area contributed by atoms with Crippen LogP contribution in [0.2, 0.25) is 0 Å². The summed E-state index contributed by atoms with van der Waals surface area (Å²) in [5, 5.41) is 10.6. The highest BCUT2D eigenvalue weighted by Crippen LogP contribution is 2.16. The molecule has 0 bridgehead atoms. The maximum atomic E-state index is 8.63. The third kappa shape index (κ3) is 3.92. The fourth-order valence-electron chi connectivity index (χ4n) is 1.78. The summed E-state index contributed by atoms with van der Waals surface area (Å²) in [5.74, 6) is 0.536. The number of nitrogens with two attached hydrogens (primary N) is 1. The standard InChI is InChI=1S/C15H16N4S/c1-19(9-8-16)11-12-4-6-13(7-5-12)18-15(17)14-3-2-10-20-14/h2-7,10H,9,11H2,1H3,(H2,17,18). The Labute approximate surface area is 122 Å². The lowest BCUT2D eigenvalue weighted by molar-refractivity contribution is 0.367. The van der Waals surface area contributed by atoms with Crippen LogP contribution in [-0.2, 0) is 6.54 Å². The lowest BCUT2D eigenvalue weighted by atomic mass is 10.2. The summed E-state index contributed by atoms with van der Waals surface area (Å²) in [5.41, 5.74) is 7.93. The van der Waals surface area contributed by atoms with E-state index in [1.54, 1.807) is 11.3 Å². The molecular formula is C15H16N4S. The molecule has 0 saturated heterocycles. The van der Waals surface area contributed by atoms with Crippen LogP contribution < -0.4 is 5.73 Å². The van der Waals surface area contributed by atoms with Gasteiger partial charge in [0.15, 0.2) is 0 Å². The van der Waals surface area contributed by atoms with E-state index in [-0.39, 0.29) is 0 Å². The minimum absolute atomic E-state index is 0.422. The van der Waals surface area contributed by atoms with Crippen molar-refractivity contribution in [1.29, 1.82) is 5.26 Å². The molecule has 2 aromatic rings. The minimum Gasteiger partial charge on any atom is -0.383 e. The molecule has 0 aliphatic carbocycles. The van der Waals surface area contributed by atoms with Crippen molar-refractivity contribution in [2.75, 3.05) is 13.6 Å². The average Bonchev–Trinajstić information content (AvgIpc) is 2.95. The molecule has 0 unspecified atom stereocenters. The molecule has 1 aromatic heterocycles. The van der Waals surface area contributed by atoms with E-state index in [0.717, 1.165) is 22.7 Å². The van der Waals surface area contributed by atoms with E-state index in [4.69, 9.17) is 11.0 Å². The molecule has 2 N–H and O–H groups in total. The molecule has 0 radical (unpaired) electrons. The smallest absolute Gasteiger partial charge is 0.141 e. The number of hydrogen-bond donors (Lipinski definition) is 1. The summed E-state index contributed by atoms with van der Waals surface area (Å²) < 4.78 is 0. The van der Waals surface area contributed by atoms with E-state index in [1.165, 1.54) is 0 Å². The first kappa shape index (κ1) is 14.3. The second-order valence-corrected chi connectivity index (χ2v) is 5.42. The van der Waals surface area contributed by atoms with Gasteiger partial charge in [0, 0.05) is 6.54 Å². The number of nitriles is 1. The number of hydrogen-bond acceptors (Lipinski definition) is 4. The largest absolute Gasteiger partial charge is 0.383 e. The minimum atomic E-state index is 0.422. The molecule has 0 fully saturated rings. The van der Waals surface area contributed by atoms with E-state index in [9.17, 15) is 0 Å². The first-order valence-electron chi connectivity index (χ1n) is 6.21. The van der Waals surface area contributed by atoms with Gasteiger partial charge in [-0.15, -0.1) is 11.3 Å². The molecule has 0 atom stereocenters. The summed E-state index contributed by atoms with van der Waals surface area (Å²) in [6.45, 7) is 1.17. The first-order chi connectivity index (χ1) is 9.69. The second-order valence-electron chi connectivity index (χ2n) is 4.47. The van der Waals surface area contributed by atoms with Crippen LogP contribution in [0.1, 0.15) is 10.4 Å². The highest BCUT2D eigenvalue weighted by atomic mass is 32.1. The van der Waals surface area contributed by atoms with Crippen molar-refractivity contribution in [3.8, 4) is 6.07 Å². The zero-order valence-corrected chi connectivity index (χ0v) is 12.1. The average molecular weight is 284 g/mol. The van der Waals surface area contributed by atoms with Crippen molar-refractivity contribution in [1.82, 2.24) is 4.90 Å². The topological polar surface area (TPSA) is 65.4 Å². The molecule has 0 saturated carbocycles. The second kappa shape index (κ2) is 6.85. The lowest BCUT2D eigenvalue weighted by Gasteiger charge is -2.12. The predicted octanol–water partition coefficient (Wildman–Crippen LogP) is 2.74. The number of benzene rings is 1. The molecule has 0 amide bonds. The number of amidine groups is 1. The Morgan fingerprint density at radius 1 is 1.35 bits per heavy atom. The van der Waals surface area contributed by atoms with Crippen LogP contribution in [0.5, 0.6) is 0 Å². The van der Waals surface area contributed by atoms with Crippen molar-refractivity contribution in [3.05, 3.63) is 52.2 Å². The van der Waals surface area contributed by atoms with Crippen molar-refractivity contribution >= 4 is 22.9 Å². The van der Waals surface area contributed by atoms with Crippen LogP contribution in [0.15, 0.2) is 46.8 Å². The molecule has 0 aliphatic heterocycles. The number of rotatable bonds is 5. The SMILES string of the molecule is CN(CC#N)Cc1ccc(/N=C(\N)c2cccs2)cc1. The van der Waals surface area contributed by atoms with E-state index >= 15 is 0 Å². The van der Waals surface area contributed by atoms with Gasteiger partial charge in [-0.05, 0) is 36.2 Å². The molecular weight excluding hydrogens is 268 g/mol. The quantitative estimate of drug-likeness (QED) is 0.521. The van der Waals surface area contributed by atoms with Crippen LogP contribution >= 0.6 is 11.3 Å². The molecule has 2 rings (SSSR count). The van der Waals surface area contributed by atoms with Crippen molar-refractivity contribution in [2.24, 2.45) is 10.7 Å². The number of aliphatic imine (C=N–C) groups is 1. The molecule has 5 heteroatoms. The normalized spacial score (nSPS) is 11.6. The molecule has 20 heavy (non-hydrogen) atoms. The van der Waals surface area contributed by atoms with Gasteiger partial charge in [-0.25, -0.2) is 4.99 Å². The fourth-order valence-corrected chi connectivity index (χ4v) is 2.41. The van der Waals surface area contributed by atoms with Gasteiger partial charge in [-0.2, -0.15) is 5.26 Å². The van der Waals surface area contributed by atoms with Crippen LogP contribution in [0.4, 0.5) is 5.69 Å². The number of thiophene rings is 1. The predicted molar refractivity (Wildman–Crippen MR) is 83.1 cm³/mol. The van der Waals surface area contributed by atoms with E-state index in [0.29, 0.717) is 12.4 Å². The monoisotopic (exact) mass is 284 g/mol. The van der Waals surface area contributed by atoms with Gasteiger partial charge in [0.25, 0.3) is 0 Å². The van der Waals surface area contributed by atoms with Crippen molar-refractivity contribution in [2.45, 2.75) is 6.54 Å². The summed E-state index contributed by atoms with van der Waals surface area (Å²) >= 11 is 1.57. The van der Waals surface area contributed by atoms with Crippen molar-refractivity contribution < 1.29 is 0 Å². The molecule has 1 heterocycles. The number of nitrogens with zero attached hydrogens (tertiary/aromatic N) is 3. The molecule has 4 nitrogen and oxygen atoms in total.